The van der Waals surface area contributed by atoms with Crippen molar-refractivity contribution in [2.75, 3.05) is 0 Å². The smallest absolute Gasteiger partial charge is 0.261 e. The Balaban J connectivity index is 2.92. The van der Waals surface area contributed by atoms with Crippen LogP contribution >= 0.6 is 23.5 Å². The number of nitrogens with two attached hydrogens (primary N) is 1. The Morgan fingerprint density at radius 1 is 1.67 bits per heavy atom. The van der Waals surface area contributed by atoms with Gasteiger partial charge >= 0.3 is 0 Å². The Labute approximate surface area is 80.2 Å². The molecule has 0 saturated heterocycles. The van der Waals surface area contributed by atoms with Gasteiger partial charge in [-0.05, 0) is 43.1 Å². The standard InChI is InChI=1S/C7H9ClN2OS/c1-10-5(4-2-3-4)6(12-9)7(8)11/h4H,1-3,9H2/b6-5-. The van der Waals surface area contributed by atoms with Gasteiger partial charge in [0.1, 0.15) is 4.91 Å². The van der Waals surface area contributed by atoms with Gasteiger partial charge in [-0.25, -0.2) is 0 Å². The molecule has 2 N–H and O–H groups in total. The van der Waals surface area contributed by atoms with Crippen molar-refractivity contribution in [1.29, 1.82) is 0 Å². The van der Waals surface area contributed by atoms with E-state index < -0.39 is 5.24 Å². The molecule has 0 aliphatic heterocycles. The first-order valence-corrected chi connectivity index (χ1v) is 4.74. The molecule has 0 amide bonds. The molecular formula is C7H9ClN2OS. The number of halogens is 1. The van der Waals surface area contributed by atoms with E-state index >= 15 is 0 Å². The predicted molar refractivity (Wildman–Crippen MR) is 51.9 cm³/mol. The number of hydrogen-bond donors (Lipinski definition) is 1. The van der Waals surface area contributed by atoms with Crippen LogP contribution in [0.4, 0.5) is 0 Å². The van der Waals surface area contributed by atoms with E-state index in [-0.39, 0.29) is 0 Å². The second-order valence-electron chi connectivity index (χ2n) is 2.54. The Morgan fingerprint density at radius 2 is 2.25 bits per heavy atom. The van der Waals surface area contributed by atoms with Gasteiger partial charge in [-0.1, -0.05) is 0 Å². The van der Waals surface area contributed by atoms with Gasteiger partial charge in [0.2, 0.25) is 0 Å². The zero-order valence-corrected chi connectivity index (χ0v) is 7.99. The van der Waals surface area contributed by atoms with Crippen LogP contribution in [0.2, 0.25) is 0 Å². The van der Waals surface area contributed by atoms with Crippen molar-refractivity contribution >= 4 is 35.5 Å². The topological polar surface area (TPSA) is 55.4 Å². The second kappa shape index (κ2) is 4.07. The van der Waals surface area contributed by atoms with Crippen LogP contribution in [-0.4, -0.2) is 12.0 Å². The molecule has 1 aliphatic rings. The number of allylic oxidation sites excluding steroid dienone is 2. The first kappa shape index (κ1) is 9.77. The fourth-order valence-corrected chi connectivity index (χ4v) is 1.63. The lowest BCUT2D eigenvalue weighted by molar-refractivity contribution is -0.108. The van der Waals surface area contributed by atoms with E-state index in [1.54, 1.807) is 0 Å². The van der Waals surface area contributed by atoms with E-state index in [4.69, 9.17) is 16.7 Å². The molecule has 66 valence electrons. The van der Waals surface area contributed by atoms with Gasteiger partial charge in [0.05, 0.1) is 5.70 Å². The van der Waals surface area contributed by atoms with E-state index in [0.29, 0.717) is 16.5 Å². The van der Waals surface area contributed by atoms with Crippen molar-refractivity contribution in [2.45, 2.75) is 12.8 Å². The molecule has 0 radical (unpaired) electrons. The van der Waals surface area contributed by atoms with Gasteiger partial charge in [-0.15, -0.1) is 0 Å². The van der Waals surface area contributed by atoms with Crippen molar-refractivity contribution in [3.63, 3.8) is 0 Å². The van der Waals surface area contributed by atoms with Crippen LogP contribution in [0.15, 0.2) is 15.6 Å². The first-order valence-electron chi connectivity index (χ1n) is 3.48. The number of aliphatic imine (C=N–C) groups is 1. The third kappa shape index (κ3) is 2.09. The summed E-state index contributed by atoms with van der Waals surface area (Å²) >= 11 is 6.15. The molecule has 5 heteroatoms. The Morgan fingerprint density at radius 3 is 2.50 bits per heavy atom. The van der Waals surface area contributed by atoms with Gasteiger partial charge in [-0.2, -0.15) is 0 Å². The van der Waals surface area contributed by atoms with E-state index in [2.05, 4.69) is 11.7 Å². The third-order valence-electron chi connectivity index (χ3n) is 1.66. The van der Waals surface area contributed by atoms with Crippen LogP contribution in [0.5, 0.6) is 0 Å². The normalized spacial score (nSPS) is 18.5. The number of hydrogen-bond acceptors (Lipinski definition) is 4. The molecule has 0 spiro atoms. The minimum Gasteiger partial charge on any atom is -0.275 e. The predicted octanol–water partition coefficient (Wildman–Crippen LogP) is 1.68. The lowest BCUT2D eigenvalue weighted by Gasteiger charge is -2.02. The Bertz CT molecular complexity index is 248. The summed E-state index contributed by atoms with van der Waals surface area (Å²) in [7, 11) is 0. The van der Waals surface area contributed by atoms with Crippen LogP contribution in [-0.2, 0) is 4.79 Å². The molecule has 0 aromatic rings. The van der Waals surface area contributed by atoms with E-state index in [0.717, 1.165) is 24.8 Å². The highest BCUT2D eigenvalue weighted by molar-refractivity contribution is 8.02. The van der Waals surface area contributed by atoms with Crippen molar-refractivity contribution in [3.8, 4) is 0 Å². The van der Waals surface area contributed by atoms with E-state index in [1.807, 2.05) is 0 Å². The minimum absolute atomic E-state index is 0.328. The summed E-state index contributed by atoms with van der Waals surface area (Å²) in [5.74, 6) is 0.344. The second-order valence-corrected chi connectivity index (χ2v) is 3.53. The maximum absolute atomic E-state index is 10.8. The third-order valence-corrected chi connectivity index (χ3v) is 2.59. The number of carbonyl (C=O) groups excluding carboxylic acids is 1. The molecular weight excluding hydrogens is 196 g/mol. The molecule has 0 atom stereocenters. The summed E-state index contributed by atoms with van der Waals surface area (Å²) < 4.78 is 0. The Kier molecular flexibility index (Phi) is 3.31. The van der Waals surface area contributed by atoms with Crippen LogP contribution in [0.25, 0.3) is 0 Å². The maximum Gasteiger partial charge on any atom is 0.261 e. The summed E-state index contributed by atoms with van der Waals surface area (Å²) in [6.07, 6.45) is 2.09. The van der Waals surface area contributed by atoms with Gasteiger partial charge in [0.15, 0.2) is 0 Å². The van der Waals surface area contributed by atoms with Crippen LogP contribution < -0.4 is 5.14 Å². The maximum atomic E-state index is 10.8. The highest BCUT2D eigenvalue weighted by Gasteiger charge is 2.29. The molecule has 0 aromatic heterocycles. The quantitative estimate of drug-likeness (QED) is 0.328. The van der Waals surface area contributed by atoms with E-state index in [1.165, 1.54) is 0 Å². The molecule has 1 rings (SSSR count). The summed E-state index contributed by atoms with van der Waals surface area (Å²) in [5.41, 5.74) is 0.655. The minimum atomic E-state index is -0.545. The molecule has 1 aliphatic carbocycles. The number of nitrogens with zero attached hydrogens (tertiary/aromatic N) is 1. The molecule has 1 saturated carbocycles. The number of rotatable bonds is 4. The summed E-state index contributed by atoms with van der Waals surface area (Å²) in [6, 6.07) is 0. The fourth-order valence-electron chi connectivity index (χ4n) is 0.950. The van der Waals surface area contributed by atoms with Crippen LogP contribution in [0, 0.1) is 5.92 Å². The van der Waals surface area contributed by atoms with Gasteiger partial charge in [0.25, 0.3) is 5.24 Å². The highest BCUT2D eigenvalue weighted by Crippen LogP contribution is 2.40. The fraction of sp³-hybridized carbons (Fsp3) is 0.429. The lowest BCUT2D eigenvalue weighted by Crippen LogP contribution is -1.99. The van der Waals surface area contributed by atoms with Crippen molar-refractivity contribution in [1.82, 2.24) is 0 Å². The van der Waals surface area contributed by atoms with Gasteiger partial charge in [-0.3, -0.25) is 14.9 Å². The summed E-state index contributed by atoms with van der Waals surface area (Å²) in [5, 5.41) is 4.74. The summed E-state index contributed by atoms with van der Waals surface area (Å²) in [6.45, 7) is 3.39. The molecule has 0 unspecified atom stereocenters. The zero-order valence-electron chi connectivity index (χ0n) is 6.42. The molecule has 0 bridgehead atoms. The monoisotopic (exact) mass is 204 g/mol. The van der Waals surface area contributed by atoms with Crippen molar-refractivity contribution < 1.29 is 4.79 Å². The highest BCUT2D eigenvalue weighted by atomic mass is 35.5. The van der Waals surface area contributed by atoms with Crippen LogP contribution in [0.3, 0.4) is 0 Å². The van der Waals surface area contributed by atoms with Crippen molar-refractivity contribution in [2.24, 2.45) is 16.0 Å². The van der Waals surface area contributed by atoms with Gasteiger partial charge < -0.3 is 0 Å². The van der Waals surface area contributed by atoms with Gasteiger partial charge in [0, 0.05) is 5.92 Å². The number of carbonyl (C=O) groups is 1. The SMILES string of the molecule is C=N/C(=C(\SN)C(=O)Cl)C1CC1. The lowest BCUT2D eigenvalue weighted by atomic mass is 10.3. The average Bonchev–Trinajstić information content (AvgIpc) is 2.81. The van der Waals surface area contributed by atoms with Crippen molar-refractivity contribution in [3.05, 3.63) is 10.6 Å². The van der Waals surface area contributed by atoms with E-state index in [9.17, 15) is 4.79 Å². The summed E-state index contributed by atoms with van der Waals surface area (Å²) in [4.78, 5) is 14.9. The molecule has 12 heavy (non-hydrogen) atoms. The largest absolute Gasteiger partial charge is 0.275 e. The van der Waals surface area contributed by atoms with Crippen LogP contribution in [0.1, 0.15) is 12.8 Å². The molecule has 1 fully saturated rings. The molecule has 0 aromatic carbocycles. The molecule has 3 nitrogen and oxygen atoms in total. The average molecular weight is 205 g/mol. The zero-order chi connectivity index (χ0) is 9.14. The molecule has 0 heterocycles. The Hall–Kier alpha value is -0.320. The first-order chi connectivity index (χ1) is 5.70.